The van der Waals surface area contributed by atoms with E-state index in [2.05, 4.69) is 4.98 Å². The van der Waals surface area contributed by atoms with Crippen LogP contribution in [0.4, 0.5) is 13.2 Å². The molecule has 0 atom stereocenters. The van der Waals surface area contributed by atoms with Crippen molar-refractivity contribution >= 4 is 23.2 Å². The Hall–Kier alpha value is -2.74. The standard InChI is InChI=1S/C18H14ClF3N2O3/c1-2-26-17(25)14-9-24-8-11(19)7-13(16(24)23-14)12-5-3-4-6-15(12)27-10-18(20,21)22/h3-9H,2,10H2,1H3. The molecule has 0 N–H and O–H groups in total. The largest absolute Gasteiger partial charge is 0.483 e. The second kappa shape index (κ2) is 7.48. The molecule has 1 aromatic carbocycles. The first-order valence-corrected chi connectivity index (χ1v) is 8.30. The minimum atomic E-state index is -4.47. The summed E-state index contributed by atoms with van der Waals surface area (Å²) in [5.41, 5.74) is 1.20. The summed E-state index contributed by atoms with van der Waals surface area (Å²) in [6, 6.07) is 7.79. The maximum absolute atomic E-state index is 12.5. The van der Waals surface area contributed by atoms with Gasteiger partial charge in [0.1, 0.15) is 11.4 Å². The van der Waals surface area contributed by atoms with Crippen molar-refractivity contribution in [2.24, 2.45) is 0 Å². The lowest BCUT2D eigenvalue weighted by atomic mass is 10.1. The van der Waals surface area contributed by atoms with Crippen molar-refractivity contribution in [1.29, 1.82) is 0 Å². The molecule has 2 heterocycles. The molecule has 0 saturated heterocycles. The van der Waals surface area contributed by atoms with E-state index in [-0.39, 0.29) is 18.1 Å². The Bertz CT molecular complexity index is 986. The van der Waals surface area contributed by atoms with Crippen molar-refractivity contribution < 1.29 is 27.4 Å². The van der Waals surface area contributed by atoms with Crippen LogP contribution in [0.25, 0.3) is 16.8 Å². The number of ether oxygens (including phenoxy) is 2. The van der Waals surface area contributed by atoms with Gasteiger partial charge in [-0.05, 0) is 19.1 Å². The van der Waals surface area contributed by atoms with Gasteiger partial charge >= 0.3 is 12.1 Å². The summed E-state index contributed by atoms with van der Waals surface area (Å²) in [6.45, 7) is 0.433. The highest BCUT2D eigenvalue weighted by atomic mass is 35.5. The molecule has 142 valence electrons. The lowest BCUT2D eigenvalue weighted by Gasteiger charge is -2.14. The number of esters is 1. The average Bonchev–Trinajstić information content (AvgIpc) is 3.03. The van der Waals surface area contributed by atoms with Crippen molar-refractivity contribution in [3.05, 3.63) is 53.4 Å². The molecule has 3 aromatic rings. The normalized spacial score (nSPS) is 11.6. The van der Waals surface area contributed by atoms with Gasteiger partial charge < -0.3 is 13.9 Å². The predicted molar refractivity (Wildman–Crippen MR) is 93.1 cm³/mol. The molecule has 0 amide bonds. The first kappa shape index (κ1) is 19.0. The third kappa shape index (κ3) is 4.33. The highest BCUT2D eigenvalue weighted by Gasteiger charge is 2.29. The Morgan fingerprint density at radius 3 is 2.67 bits per heavy atom. The third-order valence-corrected chi connectivity index (χ3v) is 3.78. The van der Waals surface area contributed by atoms with Gasteiger partial charge in [0.2, 0.25) is 0 Å². The van der Waals surface area contributed by atoms with E-state index in [0.717, 1.165) is 0 Å². The Morgan fingerprint density at radius 1 is 1.22 bits per heavy atom. The number of halogens is 4. The van der Waals surface area contributed by atoms with E-state index in [9.17, 15) is 18.0 Å². The van der Waals surface area contributed by atoms with E-state index >= 15 is 0 Å². The van der Waals surface area contributed by atoms with Gasteiger partial charge in [-0.1, -0.05) is 29.8 Å². The fraction of sp³-hybridized carbons (Fsp3) is 0.222. The summed E-state index contributed by atoms with van der Waals surface area (Å²) in [4.78, 5) is 16.2. The molecule has 0 unspecified atom stereocenters. The van der Waals surface area contributed by atoms with Crippen LogP contribution >= 0.6 is 11.6 Å². The molecule has 0 aliphatic carbocycles. The SMILES string of the molecule is CCOC(=O)c1cn2cc(Cl)cc(-c3ccccc3OCC(F)(F)F)c2n1. The van der Waals surface area contributed by atoms with Crippen LogP contribution < -0.4 is 4.74 Å². The zero-order valence-electron chi connectivity index (χ0n) is 14.1. The Labute approximate surface area is 157 Å². The van der Waals surface area contributed by atoms with Crippen LogP contribution in [0.2, 0.25) is 5.02 Å². The monoisotopic (exact) mass is 398 g/mol. The number of pyridine rings is 1. The van der Waals surface area contributed by atoms with Crippen LogP contribution in [-0.2, 0) is 4.74 Å². The zero-order chi connectivity index (χ0) is 19.6. The van der Waals surface area contributed by atoms with E-state index < -0.39 is 18.8 Å². The van der Waals surface area contributed by atoms with Crippen LogP contribution in [-0.4, -0.2) is 34.7 Å². The highest BCUT2D eigenvalue weighted by molar-refractivity contribution is 6.31. The van der Waals surface area contributed by atoms with Gasteiger partial charge in [0, 0.05) is 23.5 Å². The summed E-state index contributed by atoms with van der Waals surface area (Å²) in [5.74, 6) is -0.579. The highest BCUT2D eigenvalue weighted by Crippen LogP contribution is 2.35. The van der Waals surface area contributed by atoms with Crippen LogP contribution in [0.3, 0.4) is 0 Å². The molecule has 0 fully saturated rings. The summed E-state index contributed by atoms with van der Waals surface area (Å²) in [5, 5.41) is 0.316. The molecular formula is C18H14ClF3N2O3. The van der Waals surface area contributed by atoms with Crippen molar-refractivity contribution in [1.82, 2.24) is 9.38 Å². The predicted octanol–water partition coefficient (Wildman–Crippen LogP) is 4.77. The van der Waals surface area contributed by atoms with Gasteiger partial charge in [-0.25, -0.2) is 9.78 Å². The first-order chi connectivity index (χ1) is 12.8. The maximum atomic E-state index is 12.5. The average molecular weight is 399 g/mol. The molecule has 0 spiro atoms. The summed E-state index contributed by atoms with van der Waals surface area (Å²) >= 11 is 6.14. The molecule has 2 aromatic heterocycles. The first-order valence-electron chi connectivity index (χ1n) is 7.93. The molecule has 9 heteroatoms. The summed E-state index contributed by atoms with van der Waals surface area (Å²) in [7, 11) is 0. The molecule has 0 saturated carbocycles. The number of carbonyl (C=O) groups is 1. The van der Waals surface area contributed by atoms with E-state index in [0.29, 0.717) is 21.8 Å². The number of benzene rings is 1. The van der Waals surface area contributed by atoms with E-state index in [4.69, 9.17) is 21.1 Å². The molecule has 0 radical (unpaired) electrons. The van der Waals surface area contributed by atoms with Crippen LogP contribution in [0.1, 0.15) is 17.4 Å². The Balaban J connectivity index is 2.10. The van der Waals surface area contributed by atoms with Gasteiger partial charge in [-0.2, -0.15) is 13.2 Å². The molecule has 3 rings (SSSR count). The smallest absolute Gasteiger partial charge is 0.422 e. The number of nitrogens with zero attached hydrogens (tertiary/aromatic N) is 2. The summed E-state index contributed by atoms with van der Waals surface area (Å²) < 4.78 is 49.0. The number of hydrogen-bond acceptors (Lipinski definition) is 4. The number of fused-ring (bicyclic) bond motifs is 1. The number of para-hydroxylation sites is 1. The number of aromatic nitrogens is 2. The Morgan fingerprint density at radius 2 is 1.96 bits per heavy atom. The van der Waals surface area contributed by atoms with Crippen LogP contribution in [0.15, 0.2) is 42.7 Å². The lowest BCUT2D eigenvalue weighted by Crippen LogP contribution is -2.19. The molecular weight excluding hydrogens is 385 g/mol. The Kier molecular flexibility index (Phi) is 5.27. The number of rotatable bonds is 5. The van der Waals surface area contributed by atoms with Crippen LogP contribution in [0.5, 0.6) is 5.75 Å². The topological polar surface area (TPSA) is 52.8 Å². The van der Waals surface area contributed by atoms with Crippen molar-refractivity contribution in [3.8, 4) is 16.9 Å². The number of alkyl halides is 3. The molecule has 0 bridgehead atoms. The fourth-order valence-electron chi connectivity index (χ4n) is 2.54. The van der Waals surface area contributed by atoms with Crippen molar-refractivity contribution in [3.63, 3.8) is 0 Å². The molecule has 27 heavy (non-hydrogen) atoms. The van der Waals surface area contributed by atoms with Gasteiger partial charge in [0.15, 0.2) is 12.3 Å². The third-order valence-electron chi connectivity index (χ3n) is 3.57. The van der Waals surface area contributed by atoms with Gasteiger partial charge in [0.05, 0.1) is 11.6 Å². The van der Waals surface area contributed by atoms with Gasteiger partial charge in [-0.3, -0.25) is 0 Å². The maximum Gasteiger partial charge on any atom is 0.422 e. The van der Waals surface area contributed by atoms with Crippen molar-refractivity contribution in [2.45, 2.75) is 13.1 Å². The summed E-state index contributed by atoms with van der Waals surface area (Å²) in [6.07, 6.45) is -1.49. The van der Waals surface area contributed by atoms with E-state index in [1.807, 2.05) is 0 Å². The van der Waals surface area contributed by atoms with E-state index in [1.165, 1.54) is 22.9 Å². The van der Waals surface area contributed by atoms with Crippen LogP contribution in [0, 0.1) is 0 Å². The second-order valence-electron chi connectivity index (χ2n) is 5.55. The van der Waals surface area contributed by atoms with Gasteiger partial charge in [0.25, 0.3) is 0 Å². The van der Waals surface area contributed by atoms with Crippen molar-refractivity contribution in [2.75, 3.05) is 13.2 Å². The minimum Gasteiger partial charge on any atom is -0.483 e. The molecule has 0 aliphatic rings. The number of hydrogen-bond donors (Lipinski definition) is 0. The number of carbonyl (C=O) groups excluding carboxylic acids is 1. The second-order valence-corrected chi connectivity index (χ2v) is 5.99. The fourth-order valence-corrected chi connectivity index (χ4v) is 2.75. The quantitative estimate of drug-likeness (QED) is 0.581. The number of imidazole rings is 1. The zero-order valence-corrected chi connectivity index (χ0v) is 14.8. The molecule has 0 aliphatic heterocycles. The molecule has 5 nitrogen and oxygen atoms in total. The van der Waals surface area contributed by atoms with E-state index in [1.54, 1.807) is 31.2 Å². The lowest BCUT2D eigenvalue weighted by molar-refractivity contribution is -0.153. The van der Waals surface area contributed by atoms with Gasteiger partial charge in [-0.15, -0.1) is 0 Å². The minimum absolute atomic E-state index is 0.0275.